The van der Waals surface area contributed by atoms with Crippen LogP contribution in [-0.2, 0) is 16.0 Å². The van der Waals surface area contributed by atoms with Crippen molar-refractivity contribution in [1.29, 1.82) is 0 Å². The van der Waals surface area contributed by atoms with Crippen molar-refractivity contribution in [3.8, 4) is 0 Å². The van der Waals surface area contributed by atoms with Gasteiger partial charge in [0.25, 0.3) is 0 Å². The fourth-order valence-electron chi connectivity index (χ4n) is 3.99. The number of likely N-dealkylation sites (N-methyl/N-ethyl adjacent to an activating group) is 1. The molecular formula is C19H25N3O2. The predicted molar refractivity (Wildman–Crippen MR) is 93.9 cm³/mol. The third-order valence-electron chi connectivity index (χ3n) is 5.38. The van der Waals surface area contributed by atoms with Gasteiger partial charge in [-0.15, -0.1) is 0 Å². The topological polar surface area (TPSA) is 48.6 Å². The lowest BCUT2D eigenvalue weighted by molar-refractivity contribution is -0.133. The molecule has 24 heavy (non-hydrogen) atoms. The summed E-state index contributed by atoms with van der Waals surface area (Å²) in [6.45, 7) is 4.15. The Morgan fingerprint density at radius 2 is 2.12 bits per heavy atom. The summed E-state index contributed by atoms with van der Waals surface area (Å²) in [4.78, 5) is 20.5. The van der Waals surface area contributed by atoms with Crippen molar-refractivity contribution in [2.45, 2.75) is 18.9 Å². The van der Waals surface area contributed by atoms with Gasteiger partial charge in [0, 0.05) is 49.1 Å². The molecule has 1 N–H and O–H groups in total. The Balaban J connectivity index is 1.42. The zero-order valence-corrected chi connectivity index (χ0v) is 14.2. The summed E-state index contributed by atoms with van der Waals surface area (Å²) in [5.41, 5.74) is 2.37. The first-order valence-electron chi connectivity index (χ1n) is 8.81. The highest BCUT2D eigenvalue weighted by atomic mass is 16.5. The van der Waals surface area contributed by atoms with E-state index in [1.165, 1.54) is 10.9 Å². The number of H-pyrrole nitrogens is 1. The van der Waals surface area contributed by atoms with E-state index < -0.39 is 0 Å². The van der Waals surface area contributed by atoms with Crippen LogP contribution in [0.25, 0.3) is 10.9 Å². The standard InChI is InChI=1S/C19H25N3O2/c1-21-9-14-10-22(11-16(21)13-24-12-14)19(23)7-6-15-8-20-18-5-3-2-4-17(15)18/h2-5,8,14,16,20H,6-7,9-13H2,1H3/t14-,16+/m1/s1. The molecule has 4 rings (SSSR count). The number of nitrogens with zero attached hydrogens (tertiary/aromatic N) is 2. The molecule has 1 aromatic carbocycles. The maximum atomic E-state index is 12.8. The van der Waals surface area contributed by atoms with Crippen LogP contribution in [0.2, 0.25) is 0 Å². The monoisotopic (exact) mass is 327 g/mol. The minimum atomic E-state index is 0.271. The van der Waals surface area contributed by atoms with Crippen molar-refractivity contribution in [2.75, 3.05) is 39.9 Å². The minimum Gasteiger partial charge on any atom is -0.379 e. The smallest absolute Gasteiger partial charge is 0.222 e. The summed E-state index contributed by atoms with van der Waals surface area (Å²) < 4.78 is 5.74. The summed E-state index contributed by atoms with van der Waals surface area (Å²) >= 11 is 0. The molecule has 0 spiro atoms. The van der Waals surface area contributed by atoms with Gasteiger partial charge in [-0.1, -0.05) is 18.2 Å². The van der Waals surface area contributed by atoms with Gasteiger partial charge in [0.1, 0.15) is 0 Å². The van der Waals surface area contributed by atoms with Gasteiger partial charge >= 0.3 is 0 Å². The fraction of sp³-hybridized carbons (Fsp3) is 0.526. The van der Waals surface area contributed by atoms with Crippen molar-refractivity contribution in [1.82, 2.24) is 14.8 Å². The molecule has 0 unspecified atom stereocenters. The Labute approximate surface area is 142 Å². The van der Waals surface area contributed by atoms with Gasteiger partial charge in [0.2, 0.25) is 5.91 Å². The number of aryl methyl sites for hydroxylation is 1. The second-order valence-corrected chi connectivity index (χ2v) is 7.16. The molecule has 2 bridgehead atoms. The molecule has 2 fully saturated rings. The fourth-order valence-corrected chi connectivity index (χ4v) is 3.99. The Morgan fingerprint density at radius 1 is 1.25 bits per heavy atom. The first-order chi connectivity index (χ1) is 11.7. The molecule has 0 aliphatic carbocycles. The number of amides is 1. The number of fused-ring (bicyclic) bond motifs is 4. The molecule has 1 aromatic heterocycles. The van der Waals surface area contributed by atoms with E-state index in [1.54, 1.807) is 0 Å². The number of aromatic nitrogens is 1. The summed E-state index contributed by atoms with van der Waals surface area (Å²) in [6.07, 6.45) is 3.41. The van der Waals surface area contributed by atoms with Crippen molar-refractivity contribution in [2.24, 2.45) is 5.92 Å². The highest BCUT2D eigenvalue weighted by Crippen LogP contribution is 2.21. The first kappa shape index (κ1) is 15.7. The maximum Gasteiger partial charge on any atom is 0.222 e. The van der Waals surface area contributed by atoms with E-state index in [0.717, 1.165) is 44.8 Å². The number of aromatic amines is 1. The third-order valence-corrected chi connectivity index (χ3v) is 5.38. The van der Waals surface area contributed by atoms with E-state index in [1.807, 2.05) is 18.3 Å². The number of hydrogen-bond acceptors (Lipinski definition) is 3. The predicted octanol–water partition coefficient (Wildman–Crippen LogP) is 1.89. The van der Waals surface area contributed by atoms with Crippen LogP contribution < -0.4 is 0 Å². The largest absolute Gasteiger partial charge is 0.379 e. The first-order valence-corrected chi connectivity index (χ1v) is 8.81. The number of carbonyl (C=O) groups is 1. The lowest BCUT2D eigenvalue weighted by Crippen LogP contribution is -2.44. The van der Waals surface area contributed by atoms with Crippen LogP contribution in [0.4, 0.5) is 0 Å². The highest BCUT2D eigenvalue weighted by molar-refractivity contribution is 5.84. The quantitative estimate of drug-likeness (QED) is 0.936. The van der Waals surface area contributed by atoms with Gasteiger partial charge in [0.05, 0.1) is 19.3 Å². The van der Waals surface area contributed by atoms with Crippen molar-refractivity contribution in [3.63, 3.8) is 0 Å². The Bertz CT molecular complexity index is 726. The van der Waals surface area contributed by atoms with E-state index in [9.17, 15) is 4.79 Å². The van der Waals surface area contributed by atoms with Crippen molar-refractivity contribution in [3.05, 3.63) is 36.0 Å². The number of para-hydroxylation sites is 1. The lowest BCUT2D eigenvalue weighted by atomic mass is 10.1. The number of rotatable bonds is 3. The number of carbonyl (C=O) groups excluding carboxylic acids is 1. The minimum absolute atomic E-state index is 0.271. The molecule has 5 heteroatoms. The number of nitrogens with one attached hydrogen (secondary N) is 1. The molecule has 0 saturated carbocycles. The molecule has 1 amide bonds. The summed E-state index contributed by atoms with van der Waals surface area (Å²) in [6, 6.07) is 8.60. The van der Waals surface area contributed by atoms with Crippen molar-refractivity contribution < 1.29 is 9.53 Å². The van der Waals surface area contributed by atoms with Gasteiger partial charge in [-0.25, -0.2) is 0 Å². The molecule has 0 radical (unpaired) electrons. The highest BCUT2D eigenvalue weighted by Gasteiger charge is 2.33. The van der Waals surface area contributed by atoms with Crippen molar-refractivity contribution >= 4 is 16.8 Å². The van der Waals surface area contributed by atoms with Crippen LogP contribution in [0, 0.1) is 5.92 Å². The lowest BCUT2D eigenvalue weighted by Gasteiger charge is -2.29. The average Bonchev–Trinajstić information content (AvgIpc) is 2.80. The average molecular weight is 327 g/mol. The van der Waals surface area contributed by atoms with Crippen LogP contribution in [0.1, 0.15) is 12.0 Å². The number of ether oxygens (including phenoxy) is 1. The normalized spacial score (nSPS) is 25.0. The summed E-state index contributed by atoms with van der Waals surface area (Å²) in [5, 5.41) is 1.23. The Morgan fingerprint density at radius 3 is 3.04 bits per heavy atom. The van der Waals surface area contributed by atoms with E-state index in [-0.39, 0.29) is 5.91 Å². The van der Waals surface area contributed by atoms with Crippen LogP contribution in [0.15, 0.2) is 30.5 Å². The molecule has 5 nitrogen and oxygen atoms in total. The van der Waals surface area contributed by atoms with Crippen LogP contribution in [0.5, 0.6) is 0 Å². The maximum absolute atomic E-state index is 12.8. The van der Waals surface area contributed by atoms with Gasteiger partial charge in [-0.05, 0) is 25.1 Å². The molecule has 3 heterocycles. The molecule has 2 aromatic rings. The van der Waals surface area contributed by atoms with Crippen LogP contribution in [-0.4, -0.2) is 66.6 Å². The SMILES string of the molecule is CN1C[C@H]2COC[C@@H]1CN(C(=O)CCc1c[nH]c3ccccc13)C2. The third kappa shape index (κ3) is 3.06. The molecule has 2 aliphatic heterocycles. The van der Waals surface area contributed by atoms with Gasteiger partial charge in [0.15, 0.2) is 0 Å². The number of hydrogen-bond donors (Lipinski definition) is 1. The zero-order chi connectivity index (χ0) is 16.5. The summed E-state index contributed by atoms with van der Waals surface area (Å²) in [7, 11) is 2.15. The molecule has 2 atom stereocenters. The Kier molecular flexibility index (Phi) is 4.29. The second kappa shape index (κ2) is 6.57. The zero-order valence-electron chi connectivity index (χ0n) is 14.2. The second-order valence-electron chi connectivity index (χ2n) is 7.16. The number of benzene rings is 1. The van der Waals surface area contributed by atoms with E-state index in [4.69, 9.17) is 4.74 Å². The molecule has 2 saturated heterocycles. The van der Waals surface area contributed by atoms with E-state index in [0.29, 0.717) is 18.4 Å². The summed E-state index contributed by atoms with van der Waals surface area (Å²) in [5.74, 6) is 0.701. The van der Waals surface area contributed by atoms with Gasteiger partial charge in [-0.3, -0.25) is 9.69 Å². The van der Waals surface area contributed by atoms with E-state index >= 15 is 0 Å². The van der Waals surface area contributed by atoms with E-state index in [2.05, 4.69) is 34.0 Å². The Hall–Kier alpha value is -1.85. The van der Waals surface area contributed by atoms with Gasteiger partial charge in [-0.2, -0.15) is 0 Å². The molecule has 128 valence electrons. The molecule has 2 aliphatic rings. The van der Waals surface area contributed by atoms with Gasteiger partial charge < -0.3 is 14.6 Å². The van der Waals surface area contributed by atoms with Crippen LogP contribution in [0.3, 0.4) is 0 Å². The van der Waals surface area contributed by atoms with Crippen LogP contribution >= 0.6 is 0 Å². The molecular weight excluding hydrogens is 302 g/mol.